The first-order valence-electron chi connectivity index (χ1n) is 7.89. The highest BCUT2D eigenvalue weighted by Crippen LogP contribution is 2.36. The Kier molecular flexibility index (Phi) is 4.19. The highest BCUT2D eigenvalue weighted by molar-refractivity contribution is 7.99. The zero-order valence-corrected chi connectivity index (χ0v) is 14.3. The molecular weight excluding hydrogens is 335 g/mol. The SMILES string of the molecule is CC(Sc1cc(-c2ccccc2)nc2ncnn12)c1ccccc1F. The van der Waals surface area contributed by atoms with E-state index in [0.717, 1.165) is 16.3 Å². The smallest absolute Gasteiger partial charge is 0.211 e. The quantitative estimate of drug-likeness (QED) is 0.392. The molecule has 0 aliphatic heterocycles. The Hall–Kier alpha value is -2.73. The lowest BCUT2D eigenvalue weighted by Gasteiger charge is -2.14. The number of aromatic nitrogens is 4. The molecule has 0 bridgehead atoms. The molecule has 0 aliphatic carbocycles. The van der Waals surface area contributed by atoms with Crippen LogP contribution in [0.1, 0.15) is 17.7 Å². The Balaban J connectivity index is 1.76. The number of hydrogen-bond donors (Lipinski definition) is 0. The predicted molar refractivity (Wildman–Crippen MR) is 96.9 cm³/mol. The molecule has 124 valence electrons. The molecule has 1 atom stereocenters. The van der Waals surface area contributed by atoms with Gasteiger partial charge in [0, 0.05) is 16.4 Å². The summed E-state index contributed by atoms with van der Waals surface area (Å²) >= 11 is 1.53. The molecule has 0 fully saturated rings. The molecule has 6 heteroatoms. The summed E-state index contributed by atoms with van der Waals surface area (Å²) in [7, 11) is 0. The van der Waals surface area contributed by atoms with Crippen LogP contribution >= 0.6 is 11.8 Å². The van der Waals surface area contributed by atoms with Crippen LogP contribution in [0.4, 0.5) is 4.39 Å². The first kappa shape index (κ1) is 15.8. The molecule has 0 amide bonds. The largest absolute Gasteiger partial charge is 0.253 e. The van der Waals surface area contributed by atoms with E-state index in [1.54, 1.807) is 10.6 Å². The molecule has 2 aromatic carbocycles. The fourth-order valence-corrected chi connectivity index (χ4v) is 3.76. The molecule has 2 heterocycles. The van der Waals surface area contributed by atoms with Crippen LogP contribution in [0.2, 0.25) is 0 Å². The number of nitrogens with zero attached hydrogens (tertiary/aromatic N) is 4. The Morgan fingerprint density at radius 3 is 2.60 bits per heavy atom. The second kappa shape index (κ2) is 6.64. The number of benzene rings is 2. The maximum Gasteiger partial charge on any atom is 0.253 e. The van der Waals surface area contributed by atoms with Crippen molar-refractivity contribution in [2.45, 2.75) is 17.2 Å². The number of rotatable bonds is 4. The first-order valence-corrected chi connectivity index (χ1v) is 8.77. The summed E-state index contributed by atoms with van der Waals surface area (Å²) in [6.07, 6.45) is 1.48. The van der Waals surface area contributed by atoms with E-state index < -0.39 is 0 Å². The van der Waals surface area contributed by atoms with Crippen molar-refractivity contribution in [3.8, 4) is 11.3 Å². The fourth-order valence-electron chi connectivity index (χ4n) is 2.68. The third kappa shape index (κ3) is 3.13. The van der Waals surface area contributed by atoms with E-state index in [4.69, 9.17) is 0 Å². The molecule has 0 spiro atoms. The van der Waals surface area contributed by atoms with Crippen molar-refractivity contribution in [1.29, 1.82) is 0 Å². The molecule has 4 nitrogen and oxygen atoms in total. The standard InChI is InChI=1S/C19H15FN4S/c1-13(15-9-5-6-10-16(15)20)25-18-11-17(14-7-3-2-4-8-14)23-19-21-12-22-24(18)19/h2-13H,1H3. The molecule has 0 saturated heterocycles. The Labute approximate surface area is 148 Å². The minimum atomic E-state index is -0.199. The van der Waals surface area contributed by atoms with Crippen LogP contribution in [0.3, 0.4) is 0 Å². The molecule has 0 saturated carbocycles. The van der Waals surface area contributed by atoms with Crippen LogP contribution in [0, 0.1) is 5.82 Å². The van der Waals surface area contributed by atoms with Gasteiger partial charge in [0.25, 0.3) is 5.78 Å². The van der Waals surface area contributed by atoms with Gasteiger partial charge in [0.1, 0.15) is 17.2 Å². The summed E-state index contributed by atoms with van der Waals surface area (Å²) in [5, 5.41) is 5.05. The first-order chi connectivity index (χ1) is 12.2. The van der Waals surface area contributed by atoms with E-state index >= 15 is 0 Å². The molecule has 0 aliphatic rings. The number of fused-ring (bicyclic) bond motifs is 1. The van der Waals surface area contributed by atoms with Gasteiger partial charge in [-0.25, -0.2) is 9.37 Å². The van der Waals surface area contributed by atoms with Gasteiger partial charge >= 0.3 is 0 Å². The maximum atomic E-state index is 14.1. The van der Waals surface area contributed by atoms with Crippen LogP contribution in [-0.4, -0.2) is 19.6 Å². The van der Waals surface area contributed by atoms with Crippen molar-refractivity contribution < 1.29 is 4.39 Å². The topological polar surface area (TPSA) is 43.1 Å². The van der Waals surface area contributed by atoms with Gasteiger partial charge in [-0.1, -0.05) is 60.3 Å². The molecule has 4 aromatic rings. The van der Waals surface area contributed by atoms with Crippen LogP contribution in [0.25, 0.3) is 17.0 Å². The third-order valence-corrected chi connectivity index (χ3v) is 5.07. The lowest BCUT2D eigenvalue weighted by molar-refractivity contribution is 0.611. The maximum absolute atomic E-state index is 14.1. The zero-order chi connectivity index (χ0) is 17.2. The fraction of sp³-hybridized carbons (Fsp3) is 0.105. The van der Waals surface area contributed by atoms with Crippen LogP contribution in [0.15, 0.2) is 72.0 Å². The van der Waals surface area contributed by atoms with E-state index in [0.29, 0.717) is 11.3 Å². The van der Waals surface area contributed by atoms with Gasteiger partial charge < -0.3 is 0 Å². The Morgan fingerprint density at radius 2 is 1.80 bits per heavy atom. The summed E-state index contributed by atoms with van der Waals surface area (Å²) in [5.74, 6) is 0.333. The van der Waals surface area contributed by atoms with Gasteiger partial charge in [-0.3, -0.25) is 0 Å². The van der Waals surface area contributed by atoms with Crippen molar-refractivity contribution in [1.82, 2.24) is 19.6 Å². The molecule has 0 N–H and O–H groups in total. The van der Waals surface area contributed by atoms with Gasteiger partial charge in [0.15, 0.2) is 0 Å². The van der Waals surface area contributed by atoms with Crippen molar-refractivity contribution >= 4 is 17.5 Å². The van der Waals surface area contributed by atoms with Crippen molar-refractivity contribution in [3.63, 3.8) is 0 Å². The zero-order valence-electron chi connectivity index (χ0n) is 13.5. The van der Waals surface area contributed by atoms with Crippen molar-refractivity contribution in [2.24, 2.45) is 0 Å². The monoisotopic (exact) mass is 350 g/mol. The van der Waals surface area contributed by atoms with Gasteiger partial charge in [-0.15, -0.1) is 0 Å². The molecular formula is C19H15FN4S. The average molecular weight is 350 g/mol. The van der Waals surface area contributed by atoms with Crippen molar-refractivity contribution in [2.75, 3.05) is 0 Å². The highest BCUT2D eigenvalue weighted by Gasteiger charge is 2.16. The predicted octanol–water partition coefficient (Wildman–Crippen LogP) is 4.78. The second-order valence-corrected chi connectivity index (χ2v) is 6.96. The van der Waals surface area contributed by atoms with E-state index in [2.05, 4.69) is 15.1 Å². The number of thioether (sulfide) groups is 1. The minimum absolute atomic E-state index is 0.0698. The van der Waals surface area contributed by atoms with Gasteiger partial charge in [-0.05, 0) is 19.1 Å². The van der Waals surface area contributed by atoms with E-state index in [1.165, 1.54) is 24.2 Å². The average Bonchev–Trinajstić information content (AvgIpc) is 3.11. The molecule has 1 unspecified atom stereocenters. The summed E-state index contributed by atoms with van der Waals surface area (Å²) in [6.45, 7) is 1.98. The Morgan fingerprint density at radius 1 is 1.04 bits per heavy atom. The highest BCUT2D eigenvalue weighted by atomic mass is 32.2. The second-order valence-electron chi connectivity index (χ2n) is 5.60. The van der Waals surface area contributed by atoms with Gasteiger partial charge in [0.05, 0.1) is 5.69 Å². The summed E-state index contributed by atoms with van der Waals surface area (Å²) in [5.41, 5.74) is 2.50. The number of hydrogen-bond acceptors (Lipinski definition) is 4. The lowest BCUT2D eigenvalue weighted by Crippen LogP contribution is -2.00. The Bertz CT molecular complexity index is 1020. The third-order valence-electron chi connectivity index (χ3n) is 3.93. The van der Waals surface area contributed by atoms with E-state index in [-0.39, 0.29) is 11.1 Å². The summed E-state index contributed by atoms with van der Waals surface area (Å²) < 4.78 is 15.8. The van der Waals surface area contributed by atoms with Crippen LogP contribution in [-0.2, 0) is 0 Å². The van der Waals surface area contributed by atoms with Gasteiger partial charge in [0.2, 0.25) is 0 Å². The lowest BCUT2D eigenvalue weighted by atomic mass is 10.1. The van der Waals surface area contributed by atoms with Crippen LogP contribution in [0.5, 0.6) is 0 Å². The minimum Gasteiger partial charge on any atom is -0.211 e. The van der Waals surface area contributed by atoms with E-state index in [9.17, 15) is 4.39 Å². The molecule has 0 radical (unpaired) electrons. The molecule has 2 aromatic heterocycles. The summed E-state index contributed by atoms with van der Waals surface area (Å²) in [4.78, 5) is 8.78. The molecule has 25 heavy (non-hydrogen) atoms. The normalized spacial score (nSPS) is 12.4. The summed E-state index contributed by atoms with van der Waals surface area (Å²) in [6, 6.07) is 18.7. The van der Waals surface area contributed by atoms with Gasteiger partial charge in [-0.2, -0.15) is 14.6 Å². The number of halogens is 1. The van der Waals surface area contributed by atoms with Crippen LogP contribution < -0.4 is 0 Å². The van der Waals surface area contributed by atoms with Crippen molar-refractivity contribution in [3.05, 3.63) is 78.4 Å². The van der Waals surface area contributed by atoms with E-state index in [1.807, 2.05) is 55.5 Å². The molecule has 4 rings (SSSR count).